The number of benzene rings is 7. The summed E-state index contributed by atoms with van der Waals surface area (Å²) in [7, 11) is 0. The minimum atomic E-state index is 0.976. The van der Waals surface area contributed by atoms with E-state index in [1.807, 2.05) is 0 Å². The van der Waals surface area contributed by atoms with Gasteiger partial charge in [0, 0.05) is 44.1 Å². The zero-order valence-electron chi connectivity index (χ0n) is 26.1. The first-order chi connectivity index (χ1) is 23.8. The van der Waals surface area contributed by atoms with Crippen LogP contribution in [0.2, 0.25) is 0 Å². The number of rotatable bonds is 3. The van der Waals surface area contributed by atoms with Crippen molar-refractivity contribution in [1.82, 2.24) is 9.55 Å². The molecule has 0 aliphatic carbocycles. The highest BCUT2D eigenvalue weighted by Crippen LogP contribution is 2.55. The molecule has 3 heterocycles. The van der Waals surface area contributed by atoms with Gasteiger partial charge in [-0.25, -0.2) is 4.98 Å². The Hall–Kier alpha value is -6.45. The second-order valence-corrected chi connectivity index (χ2v) is 12.3. The third-order valence-electron chi connectivity index (χ3n) is 9.72. The first-order valence-corrected chi connectivity index (χ1v) is 16.4. The lowest BCUT2D eigenvalue weighted by molar-refractivity contribution is 1.13. The molecule has 0 atom stereocenters. The van der Waals surface area contributed by atoms with Crippen LogP contribution in [0.4, 0.5) is 17.1 Å². The van der Waals surface area contributed by atoms with E-state index in [0.717, 1.165) is 44.9 Å². The molecule has 0 radical (unpaired) electrons. The van der Waals surface area contributed by atoms with Gasteiger partial charge in [-0.15, -0.1) is 0 Å². The van der Waals surface area contributed by atoms with Crippen molar-refractivity contribution in [3.63, 3.8) is 0 Å². The highest BCUT2D eigenvalue weighted by atomic mass is 15.2. The number of anilines is 3. The summed E-state index contributed by atoms with van der Waals surface area (Å²) in [6.07, 6.45) is 0. The van der Waals surface area contributed by atoms with Gasteiger partial charge < -0.3 is 9.47 Å². The molecule has 1 aliphatic rings. The average Bonchev–Trinajstić information content (AvgIpc) is 3.44. The summed E-state index contributed by atoms with van der Waals surface area (Å²) < 4.78 is 2.44. The molecule has 9 aromatic rings. The van der Waals surface area contributed by atoms with Crippen molar-refractivity contribution >= 4 is 49.6 Å². The number of pyridine rings is 1. The van der Waals surface area contributed by atoms with Gasteiger partial charge in [0.05, 0.1) is 39.5 Å². The minimum absolute atomic E-state index is 0.976. The van der Waals surface area contributed by atoms with Crippen molar-refractivity contribution in [3.05, 3.63) is 176 Å². The van der Waals surface area contributed by atoms with Crippen LogP contribution in [0, 0.1) is 0 Å². The fraction of sp³-hybridized carbons (Fsp3) is 0. The van der Waals surface area contributed by atoms with Crippen molar-refractivity contribution < 1.29 is 0 Å². The van der Waals surface area contributed by atoms with Crippen molar-refractivity contribution in [3.8, 4) is 39.3 Å². The van der Waals surface area contributed by atoms with E-state index in [4.69, 9.17) is 4.98 Å². The summed E-state index contributed by atoms with van der Waals surface area (Å²) in [4.78, 5) is 7.56. The number of para-hydroxylation sites is 5. The third-order valence-corrected chi connectivity index (χ3v) is 9.72. The summed E-state index contributed by atoms with van der Waals surface area (Å²) in [5.41, 5.74) is 13.7. The van der Waals surface area contributed by atoms with Gasteiger partial charge in [0.15, 0.2) is 0 Å². The van der Waals surface area contributed by atoms with Crippen LogP contribution < -0.4 is 4.90 Å². The lowest BCUT2D eigenvalue weighted by atomic mass is 9.97. The van der Waals surface area contributed by atoms with Crippen LogP contribution in [0.5, 0.6) is 0 Å². The molecule has 0 saturated carbocycles. The molecule has 3 nitrogen and oxygen atoms in total. The third kappa shape index (κ3) is 3.91. The van der Waals surface area contributed by atoms with Crippen molar-refractivity contribution in [2.24, 2.45) is 0 Å². The summed E-state index contributed by atoms with van der Waals surface area (Å²) in [5.74, 6) is 0. The Labute approximate surface area is 278 Å². The van der Waals surface area contributed by atoms with E-state index in [9.17, 15) is 0 Å². The molecule has 0 amide bonds. The predicted octanol–water partition coefficient (Wildman–Crippen LogP) is 12.1. The van der Waals surface area contributed by atoms with Crippen LogP contribution in [-0.2, 0) is 0 Å². The molecule has 0 bridgehead atoms. The first-order valence-electron chi connectivity index (χ1n) is 16.4. The van der Waals surface area contributed by atoms with Crippen molar-refractivity contribution in [2.75, 3.05) is 4.90 Å². The molecule has 10 rings (SSSR count). The van der Waals surface area contributed by atoms with Gasteiger partial charge in [0.1, 0.15) is 0 Å². The molecule has 7 aromatic carbocycles. The van der Waals surface area contributed by atoms with E-state index in [1.54, 1.807) is 0 Å². The Morgan fingerprint density at radius 3 is 1.90 bits per heavy atom. The number of nitrogens with zero attached hydrogens (tertiary/aromatic N) is 3. The van der Waals surface area contributed by atoms with E-state index >= 15 is 0 Å². The quantitative estimate of drug-likeness (QED) is 0.198. The molecule has 0 saturated heterocycles. The van der Waals surface area contributed by atoms with Gasteiger partial charge in [0.2, 0.25) is 0 Å². The second-order valence-electron chi connectivity index (χ2n) is 12.3. The maximum Gasteiger partial charge on any atom is 0.0715 e. The van der Waals surface area contributed by atoms with Gasteiger partial charge in [-0.3, -0.25) is 0 Å². The average molecular weight is 612 g/mol. The fourth-order valence-electron chi connectivity index (χ4n) is 7.67. The predicted molar refractivity (Wildman–Crippen MR) is 201 cm³/mol. The fourth-order valence-corrected chi connectivity index (χ4v) is 7.67. The summed E-state index contributed by atoms with van der Waals surface area (Å²) >= 11 is 0. The first kappa shape index (κ1) is 26.7. The topological polar surface area (TPSA) is 21.1 Å². The summed E-state index contributed by atoms with van der Waals surface area (Å²) in [6.45, 7) is 0. The Morgan fingerprint density at radius 1 is 0.396 bits per heavy atom. The molecule has 3 heteroatoms. The molecule has 0 spiro atoms. The standard InChI is InChI=1S/C45H29N3/c1-2-15-31(16-3-1)47-40-23-11-7-19-35(40)44-36-20-8-12-24-41(36)48(42-25-13-9-21-37(42)45(44)47)43-29-27-33(32-17-5-6-18-34(32)43)39-28-26-30-14-4-10-22-38(30)46-39/h1-29H. The maximum absolute atomic E-state index is 5.10. The van der Waals surface area contributed by atoms with Crippen LogP contribution >= 0.6 is 0 Å². The van der Waals surface area contributed by atoms with Crippen LogP contribution in [0.25, 0.3) is 71.9 Å². The zero-order valence-corrected chi connectivity index (χ0v) is 26.1. The van der Waals surface area contributed by atoms with Crippen molar-refractivity contribution in [1.29, 1.82) is 0 Å². The molecule has 1 aliphatic heterocycles. The van der Waals surface area contributed by atoms with Gasteiger partial charge in [-0.1, -0.05) is 127 Å². The second kappa shape index (κ2) is 10.5. The molecule has 0 unspecified atom stereocenters. The summed E-state index contributed by atoms with van der Waals surface area (Å²) in [5, 5.41) is 4.74. The number of fused-ring (bicyclic) bond motifs is 9. The molecule has 2 aromatic heterocycles. The smallest absolute Gasteiger partial charge is 0.0715 e. The number of aromatic nitrogens is 2. The van der Waals surface area contributed by atoms with Gasteiger partial charge in [-0.05, 0) is 53.9 Å². The minimum Gasteiger partial charge on any atom is -0.309 e. The largest absolute Gasteiger partial charge is 0.309 e. The SMILES string of the molecule is c1ccc(-n2c3c(c4ccccc42)-c2ccccc2N(c2ccc(-c4ccc5ccccc5n4)c4ccccc24)c2ccccc2-3)cc1. The Morgan fingerprint density at radius 2 is 1.04 bits per heavy atom. The number of hydrogen-bond donors (Lipinski definition) is 0. The molecule has 0 fully saturated rings. The highest BCUT2D eigenvalue weighted by Gasteiger charge is 2.31. The number of hydrogen-bond acceptors (Lipinski definition) is 2. The molecular formula is C45H29N3. The lowest BCUT2D eigenvalue weighted by Crippen LogP contribution is -2.12. The van der Waals surface area contributed by atoms with E-state index in [-0.39, 0.29) is 0 Å². The van der Waals surface area contributed by atoms with E-state index in [1.165, 1.54) is 44.1 Å². The molecule has 224 valence electrons. The Balaban J connectivity index is 1.28. The monoisotopic (exact) mass is 611 g/mol. The highest BCUT2D eigenvalue weighted by molar-refractivity contribution is 6.15. The van der Waals surface area contributed by atoms with Crippen LogP contribution in [0.15, 0.2) is 176 Å². The van der Waals surface area contributed by atoms with Gasteiger partial charge >= 0.3 is 0 Å². The van der Waals surface area contributed by atoms with E-state index in [0.29, 0.717) is 0 Å². The molecule has 0 N–H and O–H groups in total. The summed E-state index contributed by atoms with van der Waals surface area (Å²) in [6, 6.07) is 63.2. The Kier molecular flexibility index (Phi) is 5.87. The lowest BCUT2D eigenvalue weighted by Gasteiger charge is -2.29. The van der Waals surface area contributed by atoms with Crippen molar-refractivity contribution in [2.45, 2.75) is 0 Å². The normalized spacial score (nSPS) is 12.1. The maximum atomic E-state index is 5.10. The van der Waals surface area contributed by atoms with Crippen LogP contribution in [0.1, 0.15) is 0 Å². The van der Waals surface area contributed by atoms with Crippen LogP contribution in [-0.4, -0.2) is 9.55 Å². The molecule has 48 heavy (non-hydrogen) atoms. The van der Waals surface area contributed by atoms with Gasteiger partial charge in [-0.2, -0.15) is 0 Å². The Bertz CT molecular complexity index is 2690. The van der Waals surface area contributed by atoms with E-state index < -0.39 is 0 Å². The zero-order chi connectivity index (χ0) is 31.6. The molecular weight excluding hydrogens is 583 g/mol. The van der Waals surface area contributed by atoms with Crippen LogP contribution in [0.3, 0.4) is 0 Å². The van der Waals surface area contributed by atoms with E-state index in [2.05, 4.69) is 185 Å². The van der Waals surface area contributed by atoms with Gasteiger partial charge in [0.25, 0.3) is 0 Å².